The van der Waals surface area contributed by atoms with Crippen LogP contribution in [0.5, 0.6) is 0 Å². The van der Waals surface area contributed by atoms with Crippen molar-refractivity contribution >= 4 is 17.6 Å². The molecule has 0 bridgehead atoms. The van der Waals surface area contributed by atoms with Gasteiger partial charge in [0.15, 0.2) is 5.16 Å². The number of hydrogen-bond donors (Lipinski definition) is 2. The molecular formula is C14H17N3OS. The van der Waals surface area contributed by atoms with Crippen LogP contribution in [0.4, 0.5) is 5.82 Å². The van der Waals surface area contributed by atoms with E-state index in [0.717, 1.165) is 5.75 Å². The van der Waals surface area contributed by atoms with Crippen LogP contribution in [0.25, 0.3) is 0 Å². The van der Waals surface area contributed by atoms with Crippen molar-refractivity contribution < 1.29 is 0 Å². The van der Waals surface area contributed by atoms with E-state index in [2.05, 4.69) is 48.1 Å². The Hall–Kier alpha value is -1.75. The van der Waals surface area contributed by atoms with Crippen molar-refractivity contribution in [3.63, 3.8) is 0 Å². The quantitative estimate of drug-likeness (QED) is 0.665. The minimum Gasteiger partial charge on any atom is -0.383 e. The van der Waals surface area contributed by atoms with Gasteiger partial charge in [0.05, 0.1) is 0 Å². The first-order valence-corrected chi connectivity index (χ1v) is 7.11. The van der Waals surface area contributed by atoms with Gasteiger partial charge in [-0.25, -0.2) is 4.98 Å². The SMILES string of the molecule is CC(C)c1ccc(CSc2nc(N)cc(=O)[nH]2)cc1. The molecule has 1 heterocycles. The Morgan fingerprint density at radius 1 is 1.32 bits per heavy atom. The second-order valence-electron chi connectivity index (χ2n) is 4.66. The highest BCUT2D eigenvalue weighted by molar-refractivity contribution is 7.98. The Morgan fingerprint density at radius 3 is 2.58 bits per heavy atom. The molecule has 2 aromatic rings. The number of nitrogens with two attached hydrogens (primary N) is 1. The molecule has 0 saturated carbocycles. The summed E-state index contributed by atoms with van der Waals surface area (Å²) in [5, 5.41) is 0.554. The highest BCUT2D eigenvalue weighted by atomic mass is 32.2. The summed E-state index contributed by atoms with van der Waals surface area (Å²) in [7, 11) is 0. The van der Waals surface area contributed by atoms with Crippen LogP contribution in [-0.2, 0) is 5.75 Å². The van der Waals surface area contributed by atoms with Gasteiger partial charge in [-0.15, -0.1) is 0 Å². The maximum absolute atomic E-state index is 11.3. The second-order valence-corrected chi connectivity index (χ2v) is 5.62. The van der Waals surface area contributed by atoms with Crippen LogP contribution in [0.15, 0.2) is 40.3 Å². The Morgan fingerprint density at radius 2 is 2.00 bits per heavy atom. The van der Waals surface area contributed by atoms with Gasteiger partial charge in [0.25, 0.3) is 5.56 Å². The molecule has 0 amide bonds. The fraction of sp³-hybridized carbons (Fsp3) is 0.286. The second kappa shape index (κ2) is 5.93. The summed E-state index contributed by atoms with van der Waals surface area (Å²) in [6, 6.07) is 9.76. The predicted molar refractivity (Wildman–Crippen MR) is 79.4 cm³/mol. The van der Waals surface area contributed by atoms with Crippen molar-refractivity contribution in [2.75, 3.05) is 5.73 Å². The van der Waals surface area contributed by atoms with Crippen molar-refractivity contribution in [2.45, 2.75) is 30.7 Å². The van der Waals surface area contributed by atoms with Crippen LogP contribution in [-0.4, -0.2) is 9.97 Å². The molecule has 0 aliphatic rings. The minimum atomic E-state index is -0.217. The fourth-order valence-corrected chi connectivity index (χ4v) is 2.51. The monoisotopic (exact) mass is 275 g/mol. The molecule has 0 fully saturated rings. The third kappa shape index (κ3) is 3.86. The fourth-order valence-electron chi connectivity index (χ4n) is 1.67. The standard InChI is InChI=1S/C14H17N3OS/c1-9(2)11-5-3-10(4-6-11)8-19-14-16-12(15)7-13(18)17-14/h3-7,9H,8H2,1-2H3,(H3,15,16,17,18). The maximum atomic E-state index is 11.3. The number of rotatable bonds is 4. The highest BCUT2D eigenvalue weighted by Gasteiger charge is 2.02. The average molecular weight is 275 g/mol. The van der Waals surface area contributed by atoms with E-state index < -0.39 is 0 Å². The van der Waals surface area contributed by atoms with Crippen molar-refractivity contribution in [3.8, 4) is 0 Å². The van der Waals surface area contributed by atoms with Gasteiger partial charge in [-0.3, -0.25) is 4.79 Å². The summed E-state index contributed by atoms with van der Waals surface area (Å²) >= 11 is 1.47. The molecule has 1 aromatic heterocycles. The van der Waals surface area contributed by atoms with E-state index in [9.17, 15) is 4.79 Å². The van der Waals surface area contributed by atoms with Crippen LogP contribution in [0.1, 0.15) is 30.9 Å². The molecule has 2 rings (SSSR count). The lowest BCUT2D eigenvalue weighted by molar-refractivity contribution is 0.866. The number of nitrogen functional groups attached to an aromatic ring is 1. The van der Waals surface area contributed by atoms with E-state index in [1.54, 1.807) is 0 Å². The molecule has 4 nitrogen and oxygen atoms in total. The Bertz CT molecular complexity index is 605. The summed E-state index contributed by atoms with van der Waals surface area (Å²) < 4.78 is 0. The van der Waals surface area contributed by atoms with Crippen molar-refractivity contribution in [2.24, 2.45) is 0 Å². The van der Waals surface area contributed by atoms with Gasteiger partial charge in [-0.05, 0) is 17.0 Å². The van der Waals surface area contributed by atoms with Gasteiger partial charge in [0, 0.05) is 11.8 Å². The summed E-state index contributed by atoms with van der Waals surface area (Å²) in [6.45, 7) is 4.34. The van der Waals surface area contributed by atoms with Gasteiger partial charge in [-0.2, -0.15) is 0 Å². The molecule has 5 heteroatoms. The Labute approximate surface area is 116 Å². The molecule has 0 unspecified atom stereocenters. The van der Waals surface area contributed by atoms with Gasteiger partial charge in [0.2, 0.25) is 0 Å². The highest BCUT2D eigenvalue weighted by Crippen LogP contribution is 2.21. The molecule has 0 aliphatic carbocycles. The van der Waals surface area contributed by atoms with Crippen molar-refractivity contribution in [1.29, 1.82) is 0 Å². The average Bonchev–Trinajstić information content (AvgIpc) is 2.36. The first kappa shape index (κ1) is 13.7. The maximum Gasteiger partial charge on any atom is 0.253 e. The zero-order valence-electron chi connectivity index (χ0n) is 11.0. The lowest BCUT2D eigenvalue weighted by Crippen LogP contribution is -2.09. The van der Waals surface area contributed by atoms with E-state index in [0.29, 0.717) is 11.1 Å². The topological polar surface area (TPSA) is 71.8 Å². The number of aromatic nitrogens is 2. The van der Waals surface area contributed by atoms with Crippen LogP contribution in [0.2, 0.25) is 0 Å². The lowest BCUT2D eigenvalue weighted by atomic mass is 10.0. The van der Waals surface area contributed by atoms with E-state index in [-0.39, 0.29) is 11.4 Å². The van der Waals surface area contributed by atoms with Crippen LogP contribution < -0.4 is 11.3 Å². The van der Waals surface area contributed by atoms with Crippen molar-refractivity contribution in [1.82, 2.24) is 9.97 Å². The number of hydrogen-bond acceptors (Lipinski definition) is 4. The number of benzene rings is 1. The number of anilines is 1. The predicted octanol–water partition coefficient (Wildman–Crippen LogP) is 2.77. The van der Waals surface area contributed by atoms with Crippen LogP contribution in [0, 0.1) is 0 Å². The number of H-pyrrole nitrogens is 1. The molecule has 100 valence electrons. The Kier molecular flexibility index (Phi) is 4.27. The Balaban J connectivity index is 2.04. The zero-order valence-corrected chi connectivity index (χ0v) is 11.8. The summed E-state index contributed by atoms with van der Waals surface area (Å²) in [4.78, 5) is 18.0. The molecule has 0 aliphatic heterocycles. The third-order valence-corrected chi connectivity index (χ3v) is 3.71. The summed E-state index contributed by atoms with van der Waals surface area (Å²) in [5.41, 5.74) is 7.84. The first-order valence-electron chi connectivity index (χ1n) is 6.13. The largest absolute Gasteiger partial charge is 0.383 e. The first-order chi connectivity index (χ1) is 9.04. The molecule has 1 aromatic carbocycles. The number of aromatic amines is 1. The molecule has 0 saturated heterocycles. The van der Waals surface area contributed by atoms with E-state index in [1.807, 2.05) is 0 Å². The third-order valence-electron chi connectivity index (χ3n) is 2.76. The summed E-state index contributed by atoms with van der Waals surface area (Å²) in [6.07, 6.45) is 0. The van der Waals surface area contributed by atoms with Crippen molar-refractivity contribution in [3.05, 3.63) is 51.8 Å². The zero-order chi connectivity index (χ0) is 13.8. The number of thioether (sulfide) groups is 1. The molecule has 0 spiro atoms. The number of nitrogens with one attached hydrogen (secondary N) is 1. The molecule has 19 heavy (non-hydrogen) atoms. The molecule has 3 N–H and O–H groups in total. The van der Waals surface area contributed by atoms with Crippen LogP contribution in [0.3, 0.4) is 0 Å². The van der Waals surface area contributed by atoms with Gasteiger partial charge < -0.3 is 10.7 Å². The normalized spacial score (nSPS) is 10.9. The van der Waals surface area contributed by atoms with Gasteiger partial charge >= 0.3 is 0 Å². The number of nitrogens with zero attached hydrogens (tertiary/aromatic N) is 1. The molecular weight excluding hydrogens is 258 g/mol. The minimum absolute atomic E-state index is 0.217. The van der Waals surface area contributed by atoms with Gasteiger partial charge in [-0.1, -0.05) is 49.9 Å². The van der Waals surface area contributed by atoms with E-state index >= 15 is 0 Å². The molecule has 0 radical (unpaired) electrons. The smallest absolute Gasteiger partial charge is 0.253 e. The summed E-state index contributed by atoms with van der Waals surface area (Å²) in [5.74, 6) is 1.54. The van der Waals surface area contributed by atoms with Crippen LogP contribution >= 0.6 is 11.8 Å². The molecule has 0 atom stereocenters. The van der Waals surface area contributed by atoms with Gasteiger partial charge in [0.1, 0.15) is 5.82 Å². The van der Waals surface area contributed by atoms with E-state index in [4.69, 9.17) is 5.73 Å². The lowest BCUT2D eigenvalue weighted by Gasteiger charge is -2.06. The van der Waals surface area contributed by atoms with E-state index in [1.165, 1.54) is 29.0 Å².